The van der Waals surface area contributed by atoms with E-state index in [1.54, 1.807) is 12.1 Å². The van der Waals surface area contributed by atoms with Gasteiger partial charge in [0.1, 0.15) is 5.82 Å². The lowest BCUT2D eigenvalue weighted by Gasteiger charge is -1.99. The highest BCUT2D eigenvalue weighted by atomic mass is 19.1. The van der Waals surface area contributed by atoms with Crippen LogP contribution >= 0.6 is 0 Å². The van der Waals surface area contributed by atoms with Gasteiger partial charge in [0.15, 0.2) is 0 Å². The van der Waals surface area contributed by atoms with Crippen molar-refractivity contribution in [2.24, 2.45) is 5.73 Å². The Bertz CT molecular complexity index is 323. The van der Waals surface area contributed by atoms with E-state index in [1.165, 1.54) is 6.07 Å². The third-order valence-corrected chi connectivity index (χ3v) is 1.89. The first kappa shape index (κ1) is 10.9. The van der Waals surface area contributed by atoms with Crippen LogP contribution in [0.3, 0.4) is 0 Å². The van der Waals surface area contributed by atoms with E-state index in [2.05, 4.69) is 0 Å². The minimum Gasteiger partial charge on any atom is -0.392 e. The van der Waals surface area contributed by atoms with Crippen molar-refractivity contribution in [1.29, 1.82) is 0 Å². The van der Waals surface area contributed by atoms with Crippen molar-refractivity contribution in [3.05, 3.63) is 41.2 Å². The number of halogens is 1. The Morgan fingerprint density at radius 3 is 2.79 bits per heavy atom. The zero-order valence-electron chi connectivity index (χ0n) is 7.91. The fraction of sp³-hybridized carbons (Fsp3) is 0.273. The monoisotopic (exact) mass is 195 g/mol. The molecule has 0 aliphatic heterocycles. The minimum atomic E-state index is -0.373. The average molecular weight is 195 g/mol. The van der Waals surface area contributed by atoms with Crippen molar-refractivity contribution >= 4 is 6.08 Å². The molecule has 0 bridgehead atoms. The molecule has 1 aromatic carbocycles. The van der Waals surface area contributed by atoms with Gasteiger partial charge in [0.25, 0.3) is 0 Å². The lowest BCUT2D eigenvalue weighted by Crippen LogP contribution is -1.95. The Labute approximate surface area is 82.9 Å². The second-order valence-electron chi connectivity index (χ2n) is 2.99. The molecule has 0 amide bonds. The molecule has 3 N–H and O–H groups in total. The first-order valence-electron chi connectivity index (χ1n) is 4.54. The summed E-state index contributed by atoms with van der Waals surface area (Å²) in [5.74, 6) is -0.373. The topological polar surface area (TPSA) is 46.2 Å². The Hall–Kier alpha value is -1.19. The standard InChI is InChI=1S/C11H14FNO/c12-11-7-9(3-1-2-6-13)4-5-10(11)8-14/h1,3-5,7,14H,2,6,8,13H2. The molecule has 0 radical (unpaired) electrons. The van der Waals surface area contributed by atoms with Crippen LogP contribution in [0.5, 0.6) is 0 Å². The minimum absolute atomic E-state index is 0.265. The summed E-state index contributed by atoms with van der Waals surface area (Å²) >= 11 is 0. The molecule has 0 spiro atoms. The maximum atomic E-state index is 13.1. The highest BCUT2D eigenvalue weighted by molar-refractivity contribution is 5.49. The van der Waals surface area contributed by atoms with Gasteiger partial charge in [-0.3, -0.25) is 0 Å². The lowest BCUT2D eigenvalue weighted by molar-refractivity contribution is 0.275. The molecule has 3 heteroatoms. The molecular weight excluding hydrogens is 181 g/mol. The molecule has 0 heterocycles. The number of nitrogens with two attached hydrogens (primary N) is 1. The van der Waals surface area contributed by atoms with E-state index < -0.39 is 0 Å². The molecule has 0 aromatic heterocycles. The first-order valence-corrected chi connectivity index (χ1v) is 4.54. The van der Waals surface area contributed by atoms with Gasteiger partial charge in [0.05, 0.1) is 6.61 Å². The number of benzene rings is 1. The molecule has 0 saturated carbocycles. The van der Waals surface area contributed by atoms with Crippen LogP contribution in [-0.2, 0) is 6.61 Å². The zero-order valence-corrected chi connectivity index (χ0v) is 7.91. The van der Waals surface area contributed by atoms with Crippen LogP contribution in [0.2, 0.25) is 0 Å². The van der Waals surface area contributed by atoms with Gasteiger partial charge in [-0.15, -0.1) is 0 Å². The number of aliphatic hydroxyl groups is 1. The molecule has 0 fully saturated rings. The van der Waals surface area contributed by atoms with Gasteiger partial charge in [-0.1, -0.05) is 24.3 Å². The van der Waals surface area contributed by atoms with Crippen molar-refractivity contribution in [3.63, 3.8) is 0 Å². The van der Waals surface area contributed by atoms with E-state index in [9.17, 15) is 4.39 Å². The van der Waals surface area contributed by atoms with Crippen molar-refractivity contribution in [2.75, 3.05) is 6.54 Å². The van der Waals surface area contributed by atoms with E-state index in [0.29, 0.717) is 12.1 Å². The van der Waals surface area contributed by atoms with Gasteiger partial charge in [-0.25, -0.2) is 4.39 Å². The van der Waals surface area contributed by atoms with Crippen molar-refractivity contribution < 1.29 is 9.50 Å². The molecule has 0 saturated heterocycles. The van der Waals surface area contributed by atoms with E-state index in [-0.39, 0.29) is 12.4 Å². The summed E-state index contributed by atoms with van der Waals surface area (Å²) in [6, 6.07) is 4.75. The summed E-state index contributed by atoms with van der Waals surface area (Å²) in [5, 5.41) is 8.75. The second kappa shape index (κ2) is 5.52. The fourth-order valence-corrected chi connectivity index (χ4v) is 1.11. The molecule has 76 valence electrons. The number of aliphatic hydroxyl groups excluding tert-OH is 1. The first-order chi connectivity index (χ1) is 6.77. The van der Waals surface area contributed by atoms with E-state index in [1.807, 2.05) is 12.2 Å². The van der Waals surface area contributed by atoms with Crippen molar-refractivity contribution in [1.82, 2.24) is 0 Å². The Morgan fingerprint density at radius 1 is 1.43 bits per heavy atom. The van der Waals surface area contributed by atoms with Crippen LogP contribution in [0.1, 0.15) is 17.5 Å². The maximum absolute atomic E-state index is 13.1. The summed E-state index contributed by atoms with van der Waals surface area (Å²) in [7, 11) is 0. The van der Waals surface area contributed by atoms with Crippen LogP contribution in [0.4, 0.5) is 4.39 Å². The second-order valence-corrected chi connectivity index (χ2v) is 2.99. The molecule has 1 rings (SSSR count). The summed E-state index contributed by atoms with van der Waals surface area (Å²) in [6.07, 6.45) is 4.49. The van der Waals surface area contributed by atoms with Gasteiger partial charge in [-0.05, 0) is 24.6 Å². The molecule has 0 atom stereocenters. The molecule has 0 aliphatic rings. The number of hydrogen-bond donors (Lipinski definition) is 2. The number of rotatable bonds is 4. The quantitative estimate of drug-likeness (QED) is 0.767. The lowest BCUT2D eigenvalue weighted by atomic mass is 10.1. The van der Waals surface area contributed by atoms with Crippen LogP contribution in [0, 0.1) is 5.82 Å². The molecule has 14 heavy (non-hydrogen) atoms. The third-order valence-electron chi connectivity index (χ3n) is 1.89. The Morgan fingerprint density at radius 2 is 2.21 bits per heavy atom. The van der Waals surface area contributed by atoms with Crippen molar-refractivity contribution in [3.8, 4) is 0 Å². The summed E-state index contributed by atoms with van der Waals surface area (Å²) in [5.41, 5.74) is 6.42. The smallest absolute Gasteiger partial charge is 0.129 e. The zero-order chi connectivity index (χ0) is 10.4. The third kappa shape index (κ3) is 2.94. The number of hydrogen-bond acceptors (Lipinski definition) is 2. The Balaban J connectivity index is 2.76. The molecular formula is C11H14FNO. The van der Waals surface area contributed by atoms with E-state index >= 15 is 0 Å². The summed E-state index contributed by atoms with van der Waals surface area (Å²) < 4.78 is 13.1. The highest BCUT2D eigenvalue weighted by Crippen LogP contribution is 2.11. The normalized spacial score (nSPS) is 11.1. The summed E-state index contributed by atoms with van der Waals surface area (Å²) in [4.78, 5) is 0. The highest BCUT2D eigenvalue weighted by Gasteiger charge is 1.99. The van der Waals surface area contributed by atoms with Gasteiger partial charge >= 0.3 is 0 Å². The average Bonchev–Trinajstić information content (AvgIpc) is 2.18. The van der Waals surface area contributed by atoms with Gasteiger partial charge in [-0.2, -0.15) is 0 Å². The van der Waals surface area contributed by atoms with Crippen LogP contribution in [0.15, 0.2) is 24.3 Å². The molecule has 1 aromatic rings. The maximum Gasteiger partial charge on any atom is 0.129 e. The molecule has 2 nitrogen and oxygen atoms in total. The molecule has 0 aliphatic carbocycles. The van der Waals surface area contributed by atoms with Crippen LogP contribution in [-0.4, -0.2) is 11.7 Å². The van der Waals surface area contributed by atoms with E-state index in [0.717, 1.165) is 12.0 Å². The fourth-order valence-electron chi connectivity index (χ4n) is 1.11. The van der Waals surface area contributed by atoms with Gasteiger partial charge in [0, 0.05) is 5.56 Å². The summed E-state index contributed by atoms with van der Waals surface area (Å²) in [6.45, 7) is 0.326. The van der Waals surface area contributed by atoms with Gasteiger partial charge < -0.3 is 10.8 Å². The SMILES string of the molecule is NCCC=Cc1ccc(CO)c(F)c1. The van der Waals surface area contributed by atoms with E-state index in [4.69, 9.17) is 10.8 Å². The van der Waals surface area contributed by atoms with Gasteiger partial charge in [0.2, 0.25) is 0 Å². The predicted octanol–water partition coefficient (Wildman–Crippen LogP) is 1.68. The predicted molar refractivity (Wildman–Crippen MR) is 55.0 cm³/mol. The van der Waals surface area contributed by atoms with Crippen molar-refractivity contribution in [2.45, 2.75) is 13.0 Å². The molecule has 0 unspecified atom stereocenters. The Kier molecular flexibility index (Phi) is 4.29. The largest absolute Gasteiger partial charge is 0.392 e. The van der Waals surface area contributed by atoms with Crippen LogP contribution < -0.4 is 5.73 Å². The van der Waals surface area contributed by atoms with Crippen LogP contribution in [0.25, 0.3) is 6.08 Å².